The quantitative estimate of drug-likeness (QED) is 0.260. The number of halogens is 4. The van der Waals surface area contributed by atoms with E-state index in [1.165, 1.54) is 6.07 Å². The zero-order valence-electron chi connectivity index (χ0n) is 21.0. The summed E-state index contributed by atoms with van der Waals surface area (Å²) >= 11 is 14.7. The molecule has 0 aliphatic carbocycles. The van der Waals surface area contributed by atoms with Gasteiger partial charge in [-0.1, -0.05) is 62.2 Å². The van der Waals surface area contributed by atoms with Crippen molar-refractivity contribution in [3.63, 3.8) is 0 Å². The summed E-state index contributed by atoms with van der Waals surface area (Å²) < 4.78 is 16.8. The Morgan fingerprint density at radius 2 is 1.82 bits per heavy atom. The largest absolute Gasteiger partial charge is 0.325 e. The van der Waals surface area contributed by atoms with Gasteiger partial charge >= 0.3 is 0 Å². The van der Waals surface area contributed by atoms with Crippen LogP contribution in [-0.2, 0) is 15.0 Å². The molecule has 5 nitrogen and oxygen atoms in total. The Kier molecular flexibility index (Phi) is 7.26. The van der Waals surface area contributed by atoms with E-state index in [1.54, 1.807) is 24.3 Å². The Hall–Kier alpha value is -2.20. The van der Waals surface area contributed by atoms with E-state index in [0.29, 0.717) is 28.4 Å². The fraction of sp³-hybridized carbons (Fsp3) is 0.310. The van der Waals surface area contributed by atoms with Crippen LogP contribution in [0.2, 0.25) is 10.0 Å². The zero-order chi connectivity index (χ0) is 27.4. The van der Waals surface area contributed by atoms with Crippen LogP contribution in [0.25, 0.3) is 0 Å². The summed E-state index contributed by atoms with van der Waals surface area (Å²) in [5.41, 5.74) is 0.573. The van der Waals surface area contributed by atoms with Gasteiger partial charge in [0.2, 0.25) is 11.8 Å². The van der Waals surface area contributed by atoms with Gasteiger partial charge in [-0.2, -0.15) is 0 Å². The van der Waals surface area contributed by atoms with E-state index in [0.717, 1.165) is 3.57 Å². The molecule has 0 bridgehead atoms. The smallest absolute Gasteiger partial charge is 0.242 e. The number of carbonyl (C=O) groups excluding carboxylic acids is 2. The highest BCUT2D eigenvalue weighted by molar-refractivity contribution is 14.1. The maximum Gasteiger partial charge on any atom is 0.242 e. The Bertz CT molecular complexity index is 1430. The van der Waals surface area contributed by atoms with Crippen molar-refractivity contribution in [2.24, 2.45) is 5.41 Å². The highest BCUT2D eigenvalue weighted by Gasteiger charge is 2.66. The molecule has 9 heteroatoms. The van der Waals surface area contributed by atoms with Gasteiger partial charge in [-0.25, -0.2) is 4.39 Å². The summed E-state index contributed by atoms with van der Waals surface area (Å²) in [6.45, 7) is 6.23. The molecule has 5 rings (SSSR count). The molecule has 3 N–H and O–H groups in total. The zero-order valence-corrected chi connectivity index (χ0v) is 24.7. The van der Waals surface area contributed by atoms with Gasteiger partial charge in [-0.15, -0.1) is 0 Å². The van der Waals surface area contributed by atoms with Crippen molar-refractivity contribution in [1.29, 1.82) is 0 Å². The van der Waals surface area contributed by atoms with Crippen LogP contribution < -0.4 is 16.0 Å². The number of benzene rings is 3. The van der Waals surface area contributed by atoms with Crippen LogP contribution in [0, 0.1) is 14.8 Å². The summed E-state index contributed by atoms with van der Waals surface area (Å²) in [4.78, 5) is 28.0. The van der Waals surface area contributed by atoms with E-state index in [9.17, 15) is 9.59 Å². The van der Waals surface area contributed by atoms with Crippen molar-refractivity contribution in [1.82, 2.24) is 5.32 Å². The average Bonchev–Trinajstić information content (AvgIpc) is 3.31. The molecule has 38 heavy (non-hydrogen) atoms. The highest BCUT2D eigenvalue weighted by Crippen LogP contribution is 2.57. The molecule has 0 radical (unpaired) electrons. The van der Waals surface area contributed by atoms with Gasteiger partial charge in [-0.05, 0) is 88.0 Å². The molecule has 1 fully saturated rings. The van der Waals surface area contributed by atoms with Crippen LogP contribution in [0.1, 0.15) is 44.2 Å². The third kappa shape index (κ3) is 4.72. The number of hydrogen-bond donors (Lipinski definition) is 3. The number of nitrogens with one attached hydrogen (secondary N) is 3. The highest BCUT2D eigenvalue weighted by atomic mass is 127. The molecule has 2 amide bonds. The predicted molar refractivity (Wildman–Crippen MR) is 158 cm³/mol. The fourth-order valence-electron chi connectivity index (χ4n) is 5.91. The molecule has 0 saturated carbocycles. The van der Waals surface area contributed by atoms with Crippen molar-refractivity contribution in [2.45, 2.75) is 50.6 Å². The summed E-state index contributed by atoms with van der Waals surface area (Å²) in [6.07, 6.45) is 0.550. The molecule has 3 aromatic carbocycles. The minimum Gasteiger partial charge on any atom is -0.325 e. The predicted octanol–water partition coefficient (Wildman–Crippen LogP) is 7.13. The maximum atomic E-state index is 15.8. The standard InChI is InChI=1S/C29H27Cl2FIN3O2/c1-28(2,3)14-22-29(19-12-7-15(30)13-21(19)35-27(29)38)23(18-5-4-6-20(31)24(18)32)25(36-22)26(37)34-17-10-8-16(33)9-11-17/h4-13,22-23,25,36H,14H2,1-3H3,(H,34,37)(H,35,38)/t22-,23-,25+,29+/m0/s1. The third-order valence-corrected chi connectivity index (χ3v) is 8.58. The molecule has 0 aromatic heterocycles. The van der Waals surface area contributed by atoms with Gasteiger partial charge in [0.1, 0.15) is 11.2 Å². The average molecular weight is 666 g/mol. The molecule has 198 valence electrons. The van der Waals surface area contributed by atoms with E-state index in [1.807, 2.05) is 30.3 Å². The van der Waals surface area contributed by atoms with Crippen molar-refractivity contribution < 1.29 is 14.0 Å². The second-order valence-corrected chi connectivity index (χ2v) is 13.2. The monoisotopic (exact) mass is 665 g/mol. The van der Waals surface area contributed by atoms with E-state index in [-0.39, 0.29) is 27.8 Å². The maximum absolute atomic E-state index is 15.8. The van der Waals surface area contributed by atoms with Gasteiger partial charge in [0.15, 0.2) is 0 Å². The van der Waals surface area contributed by atoms with Gasteiger partial charge < -0.3 is 16.0 Å². The number of carbonyl (C=O) groups is 2. The Balaban J connectivity index is 1.72. The van der Waals surface area contributed by atoms with Crippen LogP contribution in [0.4, 0.5) is 15.8 Å². The molecule has 3 aromatic rings. The topological polar surface area (TPSA) is 70.2 Å². The van der Waals surface area contributed by atoms with Crippen molar-refractivity contribution in [3.05, 3.63) is 91.2 Å². The van der Waals surface area contributed by atoms with E-state index in [2.05, 4.69) is 59.3 Å². The van der Waals surface area contributed by atoms with Crippen LogP contribution in [0.3, 0.4) is 0 Å². The Labute approximate surface area is 245 Å². The lowest BCUT2D eigenvalue weighted by Crippen LogP contribution is -2.49. The molecular formula is C29H27Cl2FIN3O2. The third-order valence-electron chi connectivity index (χ3n) is 7.33. The van der Waals surface area contributed by atoms with Gasteiger partial charge in [-0.3, -0.25) is 9.59 Å². The van der Waals surface area contributed by atoms with Crippen LogP contribution in [0.5, 0.6) is 0 Å². The first-order valence-electron chi connectivity index (χ1n) is 12.3. The Morgan fingerprint density at radius 1 is 1.11 bits per heavy atom. The first kappa shape index (κ1) is 27.4. The van der Waals surface area contributed by atoms with Crippen molar-refractivity contribution in [3.8, 4) is 0 Å². The summed E-state index contributed by atoms with van der Waals surface area (Å²) in [5.74, 6) is -2.19. The first-order chi connectivity index (χ1) is 17.9. The molecule has 2 aliphatic heterocycles. The minimum absolute atomic E-state index is 0.0663. The number of anilines is 2. The van der Waals surface area contributed by atoms with Crippen LogP contribution in [-0.4, -0.2) is 23.9 Å². The molecule has 0 unspecified atom stereocenters. The molecule has 2 heterocycles. The van der Waals surface area contributed by atoms with Crippen molar-refractivity contribution >= 4 is 69.0 Å². The van der Waals surface area contributed by atoms with E-state index >= 15 is 4.39 Å². The summed E-state index contributed by atoms with van der Waals surface area (Å²) in [7, 11) is 0. The summed E-state index contributed by atoms with van der Waals surface area (Å²) in [6, 6.07) is 15.9. The number of amides is 2. The normalized spacial score (nSPS) is 24.4. The van der Waals surface area contributed by atoms with Gasteiger partial charge in [0.25, 0.3) is 0 Å². The van der Waals surface area contributed by atoms with Crippen molar-refractivity contribution in [2.75, 3.05) is 10.6 Å². The lowest BCUT2D eigenvalue weighted by Gasteiger charge is -2.37. The van der Waals surface area contributed by atoms with Gasteiger partial charge in [0.05, 0.1) is 11.1 Å². The number of fused-ring (bicyclic) bond motifs is 2. The second kappa shape index (κ2) is 10.1. The Morgan fingerprint density at radius 3 is 2.50 bits per heavy atom. The second-order valence-electron chi connectivity index (χ2n) is 11.1. The number of rotatable bonds is 4. The number of hydrogen-bond acceptors (Lipinski definition) is 3. The molecule has 1 saturated heterocycles. The summed E-state index contributed by atoms with van der Waals surface area (Å²) in [5, 5.41) is 9.83. The molecule has 2 aliphatic rings. The van der Waals surface area contributed by atoms with Crippen LogP contribution in [0.15, 0.2) is 60.7 Å². The molecule has 4 atom stereocenters. The SMILES string of the molecule is CC(C)(C)C[C@@H]1N[C@@H](C(=O)Nc2ccc(I)cc2)[C@H](c2cccc(Cl)c2F)[C@]12C(=O)Nc1cc(Cl)ccc12. The lowest BCUT2D eigenvalue weighted by atomic mass is 9.62. The first-order valence-corrected chi connectivity index (χ1v) is 14.1. The molecular weight excluding hydrogens is 639 g/mol. The molecule has 1 spiro atoms. The van der Waals surface area contributed by atoms with E-state index in [4.69, 9.17) is 23.2 Å². The lowest BCUT2D eigenvalue weighted by molar-refractivity contribution is -0.122. The fourth-order valence-corrected chi connectivity index (χ4v) is 6.62. The van der Waals surface area contributed by atoms with E-state index < -0.39 is 29.2 Å². The minimum atomic E-state index is -1.28. The van der Waals surface area contributed by atoms with Gasteiger partial charge in [0, 0.05) is 31.9 Å². The van der Waals surface area contributed by atoms with Crippen LogP contribution >= 0.6 is 45.8 Å².